The molecule has 164 valence electrons. The standard InChI is InChI=1S/C22H37N3O4/c1-3-23-22(24-11-4-12-27-16-15-26-2)25-17-19-5-7-20(8-6-19)18-29-21-9-13-28-14-10-21/h5-8,21H,3-4,9-18H2,1-2H3,(H2,23,24,25). The van der Waals surface area contributed by atoms with Crippen molar-refractivity contribution < 1.29 is 18.9 Å². The van der Waals surface area contributed by atoms with Crippen LogP contribution in [0.3, 0.4) is 0 Å². The second-order valence-electron chi connectivity index (χ2n) is 7.02. The van der Waals surface area contributed by atoms with E-state index in [0.29, 0.717) is 39.1 Å². The molecule has 1 fully saturated rings. The fourth-order valence-electron chi connectivity index (χ4n) is 2.94. The molecule has 1 aromatic carbocycles. The first kappa shape index (κ1) is 23.6. The van der Waals surface area contributed by atoms with Gasteiger partial charge in [-0.1, -0.05) is 24.3 Å². The van der Waals surface area contributed by atoms with Crippen LogP contribution in [0, 0.1) is 0 Å². The van der Waals surface area contributed by atoms with Gasteiger partial charge in [-0.05, 0) is 37.3 Å². The molecule has 0 bridgehead atoms. The van der Waals surface area contributed by atoms with Gasteiger partial charge in [-0.25, -0.2) is 4.99 Å². The van der Waals surface area contributed by atoms with Crippen LogP contribution in [0.5, 0.6) is 0 Å². The van der Waals surface area contributed by atoms with Crippen molar-refractivity contribution in [3.63, 3.8) is 0 Å². The van der Waals surface area contributed by atoms with Crippen LogP contribution >= 0.6 is 0 Å². The Kier molecular flexibility index (Phi) is 12.4. The zero-order chi connectivity index (χ0) is 20.6. The molecular formula is C22H37N3O4. The number of benzene rings is 1. The maximum absolute atomic E-state index is 5.98. The SMILES string of the molecule is CCNC(=NCc1ccc(COC2CCOCC2)cc1)NCCCOCCOC. The van der Waals surface area contributed by atoms with Crippen LogP contribution in [0.25, 0.3) is 0 Å². The van der Waals surface area contributed by atoms with Crippen molar-refractivity contribution in [3.8, 4) is 0 Å². The highest BCUT2D eigenvalue weighted by Crippen LogP contribution is 2.14. The van der Waals surface area contributed by atoms with E-state index in [4.69, 9.17) is 18.9 Å². The molecule has 1 saturated heterocycles. The van der Waals surface area contributed by atoms with Crippen molar-refractivity contribution in [2.75, 3.05) is 53.2 Å². The van der Waals surface area contributed by atoms with Crippen LogP contribution in [-0.2, 0) is 32.1 Å². The highest BCUT2D eigenvalue weighted by Gasteiger charge is 2.13. The second-order valence-corrected chi connectivity index (χ2v) is 7.02. The molecule has 2 N–H and O–H groups in total. The first-order valence-electron chi connectivity index (χ1n) is 10.7. The van der Waals surface area contributed by atoms with Gasteiger partial charge in [0.1, 0.15) is 0 Å². The summed E-state index contributed by atoms with van der Waals surface area (Å²) >= 11 is 0. The Bertz CT molecular complexity index is 560. The number of hydrogen-bond acceptors (Lipinski definition) is 5. The predicted molar refractivity (Wildman–Crippen MR) is 115 cm³/mol. The fraction of sp³-hybridized carbons (Fsp3) is 0.682. The lowest BCUT2D eigenvalue weighted by molar-refractivity contribution is -0.0390. The van der Waals surface area contributed by atoms with Crippen molar-refractivity contribution >= 4 is 5.96 Å². The first-order chi connectivity index (χ1) is 14.3. The minimum absolute atomic E-state index is 0.326. The summed E-state index contributed by atoms with van der Waals surface area (Å²) in [6, 6.07) is 8.50. The largest absolute Gasteiger partial charge is 0.382 e. The van der Waals surface area contributed by atoms with Crippen LogP contribution in [0.15, 0.2) is 29.3 Å². The number of guanidine groups is 1. The Morgan fingerprint density at radius 3 is 2.55 bits per heavy atom. The molecule has 0 spiro atoms. The van der Waals surface area contributed by atoms with Crippen molar-refractivity contribution in [1.29, 1.82) is 0 Å². The Hall–Kier alpha value is -1.67. The molecular weight excluding hydrogens is 370 g/mol. The van der Waals surface area contributed by atoms with Gasteiger partial charge in [-0.2, -0.15) is 0 Å². The van der Waals surface area contributed by atoms with Gasteiger partial charge in [-0.3, -0.25) is 0 Å². The molecule has 0 aliphatic carbocycles. The van der Waals surface area contributed by atoms with Gasteiger partial charge in [0, 0.05) is 40.0 Å². The van der Waals surface area contributed by atoms with Gasteiger partial charge in [0.05, 0.1) is 32.5 Å². The third-order valence-electron chi connectivity index (χ3n) is 4.63. The maximum atomic E-state index is 5.98. The molecule has 1 heterocycles. The highest BCUT2D eigenvalue weighted by molar-refractivity contribution is 5.79. The number of nitrogens with zero attached hydrogens (tertiary/aromatic N) is 1. The normalized spacial score (nSPS) is 15.4. The molecule has 2 rings (SSSR count). The van der Waals surface area contributed by atoms with Gasteiger partial charge in [-0.15, -0.1) is 0 Å². The summed E-state index contributed by atoms with van der Waals surface area (Å²) in [5.41, 5.74) is 2.38. The van der Waals surface area contributed by atoms with Gasteiger partial charge >= 0.3 is 0 Å². The molecule has 0 amide bonds. The zero-order valence-corrected chi connectivity index (χ0v) is 18.0. The number of rotatable bonds is 13. The second kappa shape index (κ2) is 15.2. The van der Waals surface area contributed by atoms with E-state index in [-0.39, 0.29) is 0 Å². The van der Waals surface area contributed by atoms with Crippen LogP contribution in [0.2, 0.25) is 0 Å². The summed E-state index contributed by atoms with van der Waals surface area (Å²) in [4.78, 5) is 4.67. The molecule has 0 radical (unpaired) electrons. The number of methoxy groups -OCH3 is 1. The van der Waals surface area contributed by atoms with Crippen LogP contribution in [0.1, 0.15) is 37.3 Å². The summed E-state index contributed by atoms with van der Waals surface area (Å²) in [5.74, 6) is 0.830. The molecule has 0 unspecified atom stereocenters. The van der Waals surface area contributed by atoms with Gasteiger partial charge < -0.3 is 29.6 Å². The number of aliphatic imine (C=N–C) groups is 1. The minimum atomic E-state index is 0.326. The van der Waals surface area contributed by atoms with E-state index in [1.54, 1.807) is 7.11 Å². The summed E-state index contributed by atoms with van der Waals surface area (Å²) in [7, 11) is 1.68. The topological polar surface area (TPSA) is 73.3 Å². The Labute approximate surface area is 175 Å². The average Bonchev–Trinajstić information content (AvgIpc) is 2.77. The molecule has 7 nitrogen and oxygen atoms in total. The Balaban J connectivity index is 1.69. The molecule has 0 atom stereocenters. The minimum Gasteiger partial charge on any atom is -0.382 e. The zero-order valence-electron chi connectivity index (χ0n) is 18.0. The molecule has 1 aliphatic rings. The van der Waals surface area contributed by atoms with Crippen molar-refractivity contribution in [3.05, 3.63) is 35.4 Å². The molecule has 29 heavy (non-hydrogen) atoms. The van der Waals surface area contributed by atoms with E-state index in [0.717, 1.165) is 51.5 Å². The van der Waals surface area contributed by atoms with E-state index in [1.165, 1.54) is 11.1 Å². The lowest BCUT2D eigenvalue weighted by Gasteiger charge is -2.22. The van der Waals surface area contributed by atoms with E-state index in [9.17, 15) is 0 Å². The van der Waals surface area contributed by atoms with Crippen molar-refractivity contribution in [2.45, 2.75) is 45.4 Å². The van der Waals surface area contributed by atoms with E-state index in [1.807, 2.05) is 0 Å². The first-order valence-corrected chi connectivity index (χ1v) is 10.7. The summed E-state index contributed by atoms with van der Waals surface area (Å²) in [5, 5.41) is 6.63. The summed E-state index contributed by atoms with van der Waals surface area (Å²) in [6.07, 6.45) is 3.24. The lowest BCUT2D eigenvalue weighted by Crippen LogP contribution is -2.38. The predicted octanol–water partition coefficient (Wildman–Crippen LogP) is 2.49. The van der Waals surface area contributed by atoms with E-state index in [2.05, 4.69) is 46.8 Å². The molecule has 0 aromatic heterocycles. The summed E-state index contributed by atoms with van der Waals surface area (Å²) in [6.45, 7) is 8.63. The number of ether oxygens (including phenoxy) is 4. The van der Waals surface area contributed by atoms with Crippen LogP contribution in [-0.4, -0.2) is 65.3 Å². The third-order valence-corrected chi connectivity index (χ3v) is 4.63. The highest BCUT2D eigenvalue weighted by atomic mass is 16.5. The third kappa shape index (κ3) is 10.6. The van der Waals surface area contributed by atoms with Crippen LogP contribution in [0.4, 0.5) is 0 Å². The van der Waals surface area contributed by atoms with Crippen molar-refractivity contribution in [2.24, 2.45) is 4.99 Å². The average molecular weight is 408 g/mol. The summed E-state index contributed by atoms with van der Waals surface area (Å²) < 4.78 is 21.8. The van der Waals surface area contributed by atoms with Gasteiger partial charge in [0.25, 0.3) is 0 Å². The maximum Gasteiger partial charge on any atom is 0.191 e. The smallest absolute Gasteiger partial charge is 0.191 e. The van der Waals surface area contributed by atoms with Gasteiger partial charge in [0.2, 0.25) is 0 Å². The van der Waals surface area contributed by atoms with Crippen molar-refractivity contribution in [1.82, 2.24) is 10.6 Å². The molecule has 1 aliphatic heterocycles. The molecule has 1 aromatic rings. The van der Waals surface area contributed by atoms with E-state index >= 15 is 0 Å². The quantitative estimate of drug-likeness (QED) is 0.297. The molecule has 7 heteroatoms. The van der Waals surface area contributed by atoms with Crippen LogP contribution < -0.4 is 10.6 Å². The Morgan fingerprint density at radius 1 is 1.07 bits per heavy atom. The Morgan fingerprint density at radius 2 is 1.83 bits per heavy atom. The fourth-order valence-corrected chi connectivity index (χ4v) is 2.94. The monoisotopic (exact) mass is 407 g/mol. The van der Waals surface area contributed by atoms with E-state index < -0.39 is 0 Å². The number of hydrogen-bond donors (Lipinski definition) is 2. The van der Waals surface area contributed by atoms with Gasteiger partial charge in [0.15, 0.2) is 5.96 Å². The lowest BCUT2D eigenvalue weighted by atomic mass is 10.1. The molecule has 0 saturated carbocycles. The number of nitrogens with one attached hydrogen (secondary N) is 2.